The Labute approximate surface area is 163 Å². The summed E-state index contributed by atoms with van der Waals surface area (Å²) < 4.78 is 13.2. The highest BCUT2D eigenvalue weighted by molar-refractivity contribution is 6.22. The molecule has 0 N–H and O–H groups in total. The molecule has 28 heavy (non-hydrogen) atoms. The molecule has 2 aromatic rings. The number of nitrogens with zero attached hydrogens (tertiary/aromatic N) is 3. The zero-order valence-corrected chi connectivity index (χ0v) is 15.3. The third kappa shape index (κ3) is 3.08. The highest BCUT2D eigenvalue weighted by Gasteiger charge is 2.46. The quantitative estimate of drug-likeness (QED) is 0.772. The monoisotopic (exact) mass is 377 g/mol. The number of benzene rings is 2. The van der Waals surface area contributed by atoms with E-state index in [1.807, 2.05) is 35.2 Å². The number of anilines is 1. The molecule has 0 saturated carbocycles. The lowest BCUT2D eigenvalue weighted by molar-refractivity contribution is -0.123. The Morgan fingerprint density at radius 2 is 1.64 bits per heavy atom. The van der Waals surface area contributed by atoms with Crippen molar-refractivity contribution in [3.63, 3.8) is 0 Å². The molecule has 2 fully saturated rings. The van der Waals surface area contributed by atoms with E-state index < -0.39 is 17.3 Å². The molecule has 6 heteroatoms. The molecule has 0 unspecified atom stereocenters. The first-order valence-electron chi connectivity index (χ1n) is 9.37. The Kier molecular flexibility index (Phi) is 4.70. The smallest absolute Gasteiger partial charge is 0.251 e. The lowest BCUT2D eigenvalue weighted by atomic mass is 9.74. The molecule has 2 aliphatic heterocycles. The van der Waals surface area contributed by atoms with E-state index in [0.717, 1.165) is 10.5 Å². The van der Waals surface area contributed by atoms with Crippen LogP contribution in [0.4, 0.5) is 10.1 Å². The molecule has 0 aliphatic carbocycles. The summed E-state index contributed by atoms with van der Waals surface area (Å²) in [7, 11) is 0. The van der Waals surface area contributed by atoms with Crippen molar-refractivity contribution in [2.45, 2.75) is 30.7 Å². The maximum Gasteiger partial charge on any atom is 0.251 e. The molecule has 2 aromatic carbocycles. The van der Waals surface area contributed by atoms with Crippen LogP contribution in [0.3, 0.4) is 0 Å². The Morgan fingerprint density at radius 1 is 1.00 bits per heavy atom. The molecular formula is C22H20FN3O2. The maximum atomic E-state index is 13.2. The van der Waals surface area contributed by atoms with Crippen LogP contribution in [0.2, 0.25) is 0 Å². The summed E-state index contributed by atoms with van der Waals surface area (Å²) in [5.41, 5.74) is 0.838. The van der Waals surface area contributed by atoms with Gasteiger partial charge < -0.3 is 0 Å². The molecule has 2 aliphatic rings. The topological polar surface area (TPSA) is 64.4 Å². The second-order valence-electron chi connectivity index (χ2n) is 7.36. The van der Waals surface area contributed by atoms with Crippen molar-refractivity contribution in [1.82, 2.24) is 4.90 Å². The van der Waals surface area contributed by atoms with Crippen molar-refractivity contribution in [3.05, 3.63) is 66.0 Å². The van der Waals surface area contributed by atoms with Crippen LogP contribution >= 0.6 is 0 Å². The van der Waals surface area contributed by atoms with Crippen LogP contribution in [0.5, 0.6) is 0 Å². The number of piperidine rings is 1. The van der Waals surface area contributed by atoms with Crippen LogP contribution in [0.25, 0.3) is 0 Å². The van der Waals surface area contributed by atoms with Gasteiger partial charge in [0.25, 0.3) is 5.91 Å². The van der Waals surface area contributed by atoms with E-state index in [4.69, 9.17) is 0 Å². The predicted octanol–water partition coefficient (Wildman–Crippen LogP) is 3.01. The Bertz CT molecular complexity index is 929. The van der Waals surface area contributed by atoms with Gasteiger partial charge in [0.15, 0.2) is 0 Å². The van der Waals surface area contributed by atoms with E-state index >= 15 is 0 Å². The normalized spacial score (nSPS) is 22.3. The highest BCUT2D eigenvalue weighted by Crippen LogP contribution is 2.37. The second kappa shape index (κ2) is 7.17. The summed E-state index contributed by atoms with van der Waals surface area (Å²) in [6.45, 7) is 1.15. The number of nitriles is 1. The summed E-state index contributed by atoms with van der Waals surface area (Å²) in [6, 6.07) is 17.1. The first-order chi connectivity index (χ1) is 13.5. The second-order valence-corrected chi connectivity index (χ2v) is 7.36. The van der Waals surface area contributed by atoms with Crippen molar-refractivity contribution < 1.29 is 14.0 Å². The van der Waals surface area contributed by atoms with Crippen molar-refractivity contribution in [1.29, 1.82) is 5.26 Å². The molecule has 4 rings (SSSR count). The van der Waals surface area contributed by atoms with Crippen LogP contribution in [0.15, 0.2) is 54.6 Å². The van der Waals surface area contributed by atoms with Crippen molar-refractivity contribution >= 4 is 17.5 Å². The molecule has 0 radical (unpaired) electrons. The standard InChI is InChI=1S/C22H20FN3O2/c23-17-6-8-18(9-7-17)26-20(27)14-19(21(26)28)25-12-10-22(15-24,11-13-25)16-4-2-1-3-5-16/h1-9,19H,10-14H2/t19-/m0/s1. The molecule has 0 spiro atoms. The van der Waals surface area contributed by atoms with Gasteiger partial charge in [0, 0.05) is 13.1 Å². The summed E-state index contributed by atoms with van der Waals surface area (Å²) in [5.74, 6) is -0.966. The van der Waals surface area contributed by atoms with Crippen LogP contribution < -0.4 is 4.90 Å². The van der Waals surface area contributed by atoms with Gasteiger partial charge >= 0.3 is 0 Å². The van der Waals surface area contributed by atoms with E-state index in [9.17, 15) is 19.2 Å². The number of carbonyl (C=O) groups excluding carboxylic acids is 2. The van der Waals surface area contributed by atoms with Gasteiger partial charge in [0.1, 0.15) is 5.82 Å². The van der Waals surface area contributed by atoms with E-state index in [0.29, 0.717) is 31.6 Å². The average Bonchev–Trinajstić information content (AvgIpc) is 3.03. The number of hydrogen-bond donors (Lipinski definition) is 0. The average molecular weight is 377 g/mol. The zero-order valence-electron chi connectivity index (χ0n) is 15.3. The first-order valence-corrected chi connectivity index (χ1v) is 9.37. The number of hydrogen-bond acceptors (Lipinski definition) is 4. The Morgan fingerprint density at radius 3 is 2.25 bits per heavy atom. The van der Waals surface area contributed by atoms with Crippen molar-refractivity contribution in [3.8, 4) is 6.07 Å². The SMILES string of the molecule is N#CC1(c2ccccc2)CCN([C@H]2CC(=O)N(c3ccc(F)cc3)C2=O)CC1. The lowest BCUT2D eigenvalue weighted by Crippen LogP contribution is -2.49. The number of imide groups is 1. The van der Waals surface area contributed by atoms with Gasteiger partial charge in [0.05, 0.1) is 29.6 Å². The fourth-order valence-electron chi connectivity index (χ4n) is 4.20. The molecule has 1 atom stereocenters. The molecule has 2 saturated heterocycles. The first kappa shape index (κ1) is 18.3. The van der Waals surface area contributed by atoms with Crippen LogP contribution in [-0.4, -0.2) is 35.8 Å². The molecule has 2 amide bonds. The molecule has 5 nitrogen and oxygen atoms in total. The molecule has 2 heterocycles. The highest BCUT2D eigenvalue weighted by atomic mass is 19.1. The molecule has 142 valence electrons. The summed E-state index contributed by atoms with van der Waals surface area (Å²) in [6.07, 6.45) is 1.34. The van der Waals surface area contributed by atoms with Crippen LogP contribution in [0, 0.1) is 17.1 Å². The minimum absolute atomic E-state index is 0.112. The number of amides is 2. The third-order valence-corrected chi connectivity index (χ3v) is 5.84. The molecular weight excluding hydrogens is 357 g/mol. The van der Waals surface area contributed by atoms with E-state index in [2.05, 4.69) is 6.07 Å². The van der Waals surface area contributed by atoms with Gasteiger partial charge in [-0.1, -0.05) is 30.3 Å². The fraction of sp³-hybridized carbons (Fsp3) is 0.318. The molecule has 0 aromatic heterocycles. The van der Waals surface area contributed by atoms with Gasteiger partial charge in [-0.05, 0) is 42.7 Å². The lowest BCUT2D eigenvalue weighted by Gasteiger charge is -2.39. The Balaban J connectivity index is 1.49. The summed E-state index contributed by atoms with van der Waals surface area (Å²) in [5, 5.41) is 9.83. The third-order valence-electron chi connectivity index (χ3n) is 5.84. The zero-order chi connectivity index (χ0) is 19.7. The summed E-state index contributed by atoms with van der Waals surface area (Å²) >= 11 is 0. The van der Waals surface area contributed by atoms with Crippen molar-refractivity contribution in [2.24, 2.45) is 0 Å². The minimum Gasteiger partial charge on any atom is -0.291 e. The van der Waals surface area contributed by atoms with Gasteiger partial charge in [-0.3, -0.25) is 14.5 Å². The predicted molar refractivity (Wildman–Crippen MR) is 102 cm³/mol. The Hall–Kier alpha value is -3.04. The van der Waals surface area contributed by atoms with Gasteiger partial charge in [-0.15, -0.1) is 0 Å². The van der Waals surface area contributed by atoms with Crippen molar-refractivity contribution in [2.75, 3.05) is 18.0 Å². The number of carbonyl (C=O) groups is 2. The van der Waals surface area contributed by atoms with Gasteiger partial charge in [-0.2, -0.15) is 5.26 Å². The van der Waals surface area contributed by atoms with E-state index in [1.54, 1.807) is 0 Å². The largest absolute Gasteiger partial charge is 0.291 e. The van der Waals surface area contributed by atoms with Crippen LogP contribution in [0.1, 0.15) is 24.8 Å². The van der Waals surface area contributed by atoms with Gasteiger partial charge in [-0.25, -0.2) is 9.29 Å². The maximum absolute atomic E-state index is 13.2. The van der Waals surface area contributed by atoms with Gasteiger partial charge in [0.2, 0.25) is 5.91 Å². The number of likely N-dealkylation sites (tertiary alicyclic amines) is 1. The van der Waals surface area contributed by atoms with E-state index in [-0.39, 0.29) is 18.2 Å². The minimum atomic E-state index is -0.555. The number of halogens is 1. The number of rotatable bonds is 3. The molecule has 0 bridgehead atoms. The summed E-state index contributed by atoms with van der Waals surface area (Å²) in [4.78, 5) is 28.5. The van der Waals surface area contributed by atoms with Crippen LogP contribution in [-0.2, 0) is 15.0 Å². The fourth-order valence-corrected chi connectivity index (χ4v) is 4.20. The van der Waals surface area contributed by atoms with E-state index in [1.165, 1.54) is 24.3 Å².